The van der Waals surface area contributed by atoms with Crippen molar-refractivity contribution in [2.75, 3.05) is 12.3 Å². The second-order valence-electron chi connectivity index (χ2n) is 4.71. The Balaban J connectivity index is 2.22. The van der Waals surface area contributed by atoms with Crippen LogP contribution in [-0.4, -0.2) is 24.7 Å². The first-order valence-electron chi connectivity index (χ1n) is 6.19. The minimum atomic E-state index is -4.58. The number of amides is 1. The minimum Gasteiger partial charge on any atom is -0.398 e. The molecule has 7 heteroatoms. The number of nitrogens with one attached hydrogen (secondary N) is 1. The molecule has 0 bridgehead atoms. The predicted octanol–water partition coefficient (Wildman–Crippen LogP) is 2.19. The molecule has 1 saturated heterocycles. The summed E-state index contributed by atoms with van der Waals surface area (Å²) in [7, 11) is 0. The summed E-state index contributed by atoms with van der Waals surface area (Å²) in [5.41, 5.74) is 3.75. The molecule has 2 rings (SSSR count). The van der Waals surface area contributed by atoms with Crippen molar-refractivity contribution in [1.29, 1.82) is 0 Å². The van der Waals surface area contributed by atoms with Gasteiger partial charge in [0, 0.05) is 6.61 Å². The first-order chi connectivity index (χ1) is 9.30. The lowest BCUT2D eigenvalue weighted by Gasteiger charge is -2.18. The Bertz CT molecular complexity index is 517. The van der Waals surface area contributed by atoms with Crippen molar-refractivity contribution in [3.05, 3.63) is 29.3 Å². The summed E-state index contributed by atoms with van der Waals surface area (Å²) < 4.78 is 43.5. The molecular formula is C13H15F3N2O2. The highest BCUT2D eigenvalue weighted by Crippen LogP contribution is 2.35. The molecule has 0 saturated carbocycles. The predicted molar refractivity (Wildman–Crippen MR) is 67.1 cm³/mol. The van der Waals surface area contributed by atoms with Gasteiger partial charge in [-0.25, -0.2) is 0 Å². The molecule has 1 aliphatic heterocycles. The Hall–Kier alpha value is -1.76. The van der Waals surface area contributed by atoms with Crippen LogP contribution in [0.5, 0.6) is 0 Å². The van der Waals surface area contributed by atoms with Crippen LogP contribution in [0.2, 0.25) is 0 Å². The topological polar surface area (TPSA) is 64.3 Å². The SMILES string of the molecule is CC1OCCC1NC(=O)c1cccc(C(F)(F)F)c1N. The van der Waals surface area contributed by atoms with Crippen molar-refractivity contribution in [3.63, 3.8) is 0 Å². The summed E-state index contributed by atoms with van der Waals surface area (Å²) in [5.74, 6) is -0.615. The van der Waals surface area contributed by atoms with Crippen LogP contribution in [0.1, 0.15) is 29.3 Å². The highest BCUT2D eigenvalue weighted by molar-refractivity contribution is 6.00. The lowest BCUT2D eigenvalue weighted by molar-refractivity contribution is -0.136. The number of rotatable bonds is 2. The normalized spacial score (nSPS) is 22.8. The maximum Gasteiger partial charge on any atom is 0.418 e. The Morgan fingerprint density at radius 2 is 2.15 bits per heavy atom. The Kier molecular flexibility index (Phi) is 3.89. The summed E-state index contributed by atoms with van der Waals surface area (Å²) >= 11 is 0. The zero-order chi connectivity index (χ0) is 14.9. The molecule has 110 valence electrons. The second kappa shape index (κ2) is 5.32. The number of anilines is 1. The van der Waals surface area contributed by atoms with E-state index in [1.54, 1.807) is 6.92 Å². The van der Waals surface area contributed by atoms with Gasteiger partial charge in [0.1, 0.15) is 0 Å². The summed E-state index contributed by atoms with van der Waals surface area (Å²) in [6, 6.07) is 3.09. The van der Waals surface area contributed by atoms with Crippen molar-refractivity contribution in [1.82, 2.24) is 5.32 Å². The van der Waals surface area contributed by atoms with Gasteiger partial charge in [-0.2, -0.15) is 13.2 Å². The highest BCUT2D eigenvalue weighted by Gasteiger charge is 2.35. The first-order valence-corrected chi connectivity index (χ1v) is 6.19. The van der Waals surface area contributed by atoms with Gasteiger partial charge in [-0.1, -0.05) is 6.07 Å². The molecule has 3 N–H and O–H groups in total. The molecule has 0 spiro atoms. The number of hydrogen-bond donors (Lipinski definition) is 2. The standard InChI is InChI=1S/C13H15F3N2O2/c1-7-10(5-6-20-7)18-12(19)8-3-2-4-9(11(8)17)13(14,15)16/h2-4,7,10H,5-6,17H2,1H3,(H,18,19). The second-order valence-corrected chi connectivity index (χ2v) is 4.71. The Labute approximate surface area is 114 Å². The van der Waals surface area contributed by atoms with Crippen LogP contribution in [0, 0.1) is 0 Å². The fraction of sp³-hybridized carbons (Fsp3) is 0.462. The van der Waals surface area contributed by atoms with E-state index in [4.69, 9.17) is 10.5 Å². The number of alkyl halides is 3. The Morgan fingerprint density at radius 3 is 2.70 bits per heavy atom. The number of nitrogens with two attached hydrogens (primary N) is 1. The summed E-state index contributed by atoms with van der Waals surface area (Å²) in [5, 5.41) is 2.65. The monoisotopic (exact) mass is 288 g/mol. The van der Waals surface area contributed by atoms with Gasteiger partial charge in [0.15, 0.2) is 0 Å². The average molecular weight is 288 g/mol. The summed E-state index contributed by atoms with van der Waals surface area (Å²) in [4.78, 5) is 12.0. The van der Waals surface area contributed by atoms with E-state index in [2.05, 4.69) is 5.32 Å². The fourth-order valence-electron chi connectivity index (χ4n) is 2.18. The molecule has 0 aromatic heterocycles. The number of para-hydroxylation sites is 1. The van der Waals surface area contributed by atoms with Crippen LogP contribution >= 0.6 is 0 Å². The van der Waals surface area contributed by atoms with Crippen molar-refractivity contribution < 1.29 is 22.7 Å². The van der Waals surface area contributed by atoms with E-state index >= 15 is 0 Å². The van der Waals surface area contributed by atoms with Crippen LogP contribution in [-0.2, 0) is 10.9 Å². The molecular weight excluding hydrogens is 273 g/mol. The molecule has 0 radical (unpaired) electrons. The number of benzene rings is 1. The van der Waals surface area contributed by atoms with E-state index < -0.39 is 23.3 Å². The van der Waals surface area contributed by atoms with Crippen molar-refractivity contribution in [2.24, 2.45) is 0 Å². The lowest BCUT2D eigenvalue weighted by atomic mass is 10.1. The van der Waals surface area contributed by atoms with Crippen LogP contribution in [0.3, 0.4) is 0 Å². The zero-order valence-electron chi connectivity index (χ0n) is 10.8. The van der Waals surface area contributed by atoms with Gasteiger partial charge in [-0.15, -0.1) is 0 Å². The summed E-state index contributed by atoms with van der Waals surface area (Å²) in [6.07, 6.45) is -4.11. The van der Waals surface area contributed by atoms with Crippen molar-refractivity contribution >= 4 is 11.6 Å². The van der Waals surface area contributed by atoms with Gasteiger partial charge in [-0.05, 0) is 25.5 Å². The van der Waals surface area contributed by atoms with Gasteiger partial charge < -0.3 is 15.8 Å². The van der Waals surface area contributed by atoms with E-state index in [0.29, 0.717) is 13.0 Å². The zero-order valence-corrected chi connectivity index (χ0v) is 10.8. The summed E-state index contributed by atoms with van der Waals surface area (Å²) in [6.45, 7) is 2.32. The molecule has 2 atom stereocenters. The molecule has 1 heterocycles. The highest BCUT2D eigenvalue weighted by atomic mass is 19.4. The molecule has 2 unspecified atom stereocenters. The van der Waals surface area contributed by atoms with Crippen LogP contribution in [0.15, 0.2) is 18.2 Å². The number of carbonyl (C=O) groups excluding carboxylic acids is 1. The molecule has 1 aromatic carbocycles. The fourth-order valence-corrected chi connectivity index (χ4v) is 2.18. The Morgan fingerprint density at radius 1 is 1.45 bits per heavy atom. The van der Waals surface area contributed by atoms with Gasteiger partial charge in [0.05, 0.1) is 29.0 Å². The first kappa shape index (κ1) is 14.6. The molecule has 0 aliphatic carbocycles. The largest absolute Gasteiger partial charge is 0.418 e. The van der Waals surface area contributed by atoms with E-state index in [1.807, 2.05) is 0 Å². The van der Waals surface area contributed by atoms with E-state index in [1.165, 1.54) is 12.1 Å². The minimum absolute atomic E-state index is 0.161. The molecule has 1 aliphatic rings. The average Bonchev–Trinajstić information content (AvgIpc) is 2.73. The van der Waals surface area contributed by atoms with Gasteiger partial charge in [0.2, 0.25) is 0 Å². The molecule has 20 heavy (non-hydrogen) atoms. The number of halogens is 3. The van der Waals surface area contributed by atoms with Crippen LogP contribution < -0.4 is 11.1 Å². The van der Waals surface area contributed by atoms with E-state index in [0.717, 1.165) is 6.07 Å². The van der Waals surface area contributed by atoms with Gasteiger partial charge in [-0.3, -0.25) is 4.79 Å². The van der Waals surface area contributed by atoms with Gasteiger partial charge in [0.25, 0.3) is 5.91 Å². The number of nitrogen functional groups attached to an aromatic ring is 1. The molecule has 4 nitrogen and oxygen atoms in total. The molecule has 1 amide bonds. The van der Waals surface area contributed by atoms with Gasteiger partial charge >= 0.3 is 6.18 Å². The van der Waals surface area contributed by atoms with Crippen molar-refractivity contribution in [2.45, 2.75) is 31.7 Å². The smallest absolute Gasteiger partial charge is 0.398 e. The molecule has 1 fully saturated rings. The quantitative estimate of drug-likeness (QED) is 0.820. The maximum atomic E-state index is 12.7. The number of ether oxygens (including phenoxy) is 1. The third kappa shape index (κ3) is 2.87. The lowest BCUT2D eigenvalue weighted by Crippen LogP contribution is -2.39. The maximum absolute atomic E-state index is 12.7. The van der Waals surface area contributed by atoms with Crippen molar-refractivity contribution in [3.8, 4) is 0 Å². The van der Waals surface area contributed by atoms with Crippen LogP contribution in [0.4, 0.5) is 18.9 Å². The molecule has 1 aromatic rings. The third-order valence-corrected chi connectivity index (χ3v) is 3.35. The number of hydrogen-bond acceptors (Lipinski definition) is 3. The van der Waals surface area contributed by atoms with E-state index in [-0.39, 0.29) is 17.7 Å². The number of carbonyl (C=O) groups is 1. The van der Waals surface area contributed by atoms with E-state index in [9.17, 15) is 18.0 Å². The third-order valence-electron chi connectivity index (χ3n) is 3.35. The van der Waals surface area contributed by atoms with Crippen LogP contribution in [0.25, 0.3) is 0 Å².